The van der Waals surface area contributed by atoms with Gasteiger partial charge in [0.2, 0.25) is 11.8 Å². The number of benzene rings is 2. The van der Waals surface area contributed by atoms with Gasteiger partial charge in [-0.25, -0.2) is 0 Å². The molecule has 5 rings (SSSR count). The van der Waals surface area contributed by atoms with Crippen LogP contribution in [0.3, 0.4) is 0 Å². The number of fused-ring (bicyclic) bond motifs is 3. The summed E-state index contributed by atoms with van der Waals surface area (Å²) in [6.07, 6.45) is 0.00232. The second kappa shape index (κ2) is 8.07. The highest BCUT2D eigenvalue weighted by Gasteiger charge is 2.63. The molecule has 8 heteroatoms. The summed E-state index contributed by atoms with van der Waals surface area (Å²) in [5, 5.41) is 17.9. The van der Waals surface area contributed by atoms with Crippen LogP contribution in [-0.4, -0.2) is 51.2 Å². The van der Waals surface area contributed by atoms with Crippen molar-refractivity contribution in [1.29, 1.82) is 5.41 Å². The fraction of sp³-hybridized carbons (Fsp3) is 0.348. The van der Waals surface area contributed by atoms with Crippen molar-refractivity contribution in [2.45, 2.75) is 31.2 Å². The van der Waals surface area contributed by atoms with Crippen molar-refractivity contribution in [1.82, 2.24) is 9.80 Å². The molecule has 3 saturated heterocycles. The van der Waals surface area contributed by atoms with Crippen molar-refractivity contribution in [2.24, 2.45) is 17.6 Å². The van der Waals surface area contributed by atoms with Gasteiger partial charge in [0.25, 0.3) is 0 Å². The number of amidine groups is 1. The number of carbonyl (C=O) groups excluding carboxylic acids is 2. The predicted octanol–water partition coefficient (Wildman–Crippen LogP) is 1.68. The van der Waals surface area contributed by atoms with Crippen molar-refractivity contribution in [2.75, 3.05) is 6.54 Å². The lowest BCUT2D eigenvalue weighted by atomic mass is 9.85. The number of nitrogen functional groups attached to an aromatic ring is 1. The van der Waals surface area contributed by atoms with E-state index in [2.05, 4.69) is 4.90 Å². The fourth-order valence-corrected chi connectivity index (χ4v) is 5.44. The lowest BCUT2D eigenvalue weighted by molar-refractivity contribution is -0.142. The van der Waals surface area contributed by atoms with Crippen LogP contribution < -0.4 is 5.73 Å². The number of rotatable bonds is 4. The maximum absolute atomic E-state index is 13.4. The fourth-order valence-electron chi connectivity index (χ4n) is 5.44. The molecule has 7 nitrogen and oxygen atoms in total. The summed E-state index contributed by atoms with van der Waals surface area (Å²) in [5.41, 5.74) is 8.02. The molecule has 2 aromatic carbocycles. The summed E-state index contributed by atoms with van der Waals surface area (Å²) >= 11 is 0. The normalized spacial score (nSPS) is 29.6. The van der Waals surface area contributed by atoms with Crippen LogP contribution >= 0.6 is 12.4 Å². The quantitative estimate of drug-likeness (QED) is 0.380. The molecule has 3 fully saturated rings. The Morgan fingerprint density at radius 2 is 1.68 bits per heavy atom. The number of hydrogen-bond donors (Lipinski definition) is 3. The van der Waals surface area contributed by atoms with E-state index in [0.29, 0.717) is 18.5 Å². The molecule has 31 heavy (non-hydrogen) atoms. The van der Waals surface area contributed by atoms with Crippen LogP contribution in [-0.2, 0) is 16.1 Å². The van der Waals surface area contributed by atoms with E-state index >= 15 is 0 Å². The van der Waals surface area contributed by atoms with Crippen molar-refractivity contribution < 1.29 is 14.7 Å². The molecule has 0 unspecified atom stereocenters. The molecule has 3 aliphatic heterocycles. The van der Waals surface area contributed by atoms with E-state index in [0.717, 1.165) is 11.1 Å². The van der Waals surface area contributed by atoms with Crippen molar-refractivity contribution in [3.05, 3.63) is 71.3 Å². The van der Waals surface area contributed by atoms with Gasteiger partial charge in [0, 0.05) is 24.2 Å². The van der Waals surface area contributed by atoms with Gasteiger partial charge in [-0.15, -0.1) is 12.4 Å². The number of nitrogens with zero attached hydrogens (tertiary/aromatic N) is 2. The van der Waals surface area contributed by atoms with E-state index in [4.69, 9.17) is 11.1 Å². The average molecular weight is 441 g/mol. The Kier molecular flexibility index (Phi) is 5.60. The number of carbonyl (C=O) groups is 2. The van der Waals surface area contributed by atoms with E-state index in [-0.39, 0.29) is 48.7 Å². The third-order valence-electron chi connectivity index (χ3n) is 6.71. The summed E-state index contributed by atoms with van der Waals surface area (Å²) in [7, 11) is 0. The minimum atomic E-state index is -0.499. The van der Waals surface area contributed by atoms with E-state index in [1.165, 1.54) is 4.90 Å². The van der Waals surface area contributed by atoms with Crippen LogP contribution in [0.25, 0.3) is 0 Å². The van der Waals surface area contributed by atoms with Gasteiger partial charge in [-0.05, 0) is 17.5 Å². The van der Waals surface area contributed by atoms with E-state index in [9.17, 15) is 14.7 Å². The number of aliphatic hydroxyl groups is 1. The van der Waals surface area contributed by atoms with Crippen LogP contribution in [0.4, 0.5) is 0 Å². The maximum Gasteiger partial charge on any atom is 0.235 e. The van der Waals surface area contributed by atoms with Gasteiger partial charge in [0.15, 0.2) is 0 Å². The smallest absolute Gasteiger partial charge is 0.235 e. The average Bonchev–Trinajstić information content (AvgIpc) is 3.33. The molecule has 3 heterocycles. The van der Waals surface area contributed by atoms with Gasteiger partial charge in [-0.3, -0.25) is 24.8 Å². The van der Waals surface area contributed by atoms with Crippen molar-refractivity contribution >= 4 is 30.1 Å². The standard InChI is InChI=1S/C23H24N4O3.ClH/c24-21(25)15-8-6-14(7-9-15)20-19-18(17-10-16(28)12-26(17)20)22(29)27(23(19)30)11-13-4-2-1-3-5-13;/h1-9,16-20,28H,10-12H2,(H3,24,25);1H/t16-,17-,18+,19-,20+;/m0./s1. The summed E-state index contributed by atoms with van der Waals surface area (Å²) in [4.78, 5) is 30.3. The van der Waals surface area contributed by atoms with Crippen LogP contribution in [0.1, 0.15) is 29.2 Å². The number of amides is 2. The number of hydrogen-bond acceptors (Lipinski definition) is 5. The topological polar surface area (TPSA) is 111 Å². The molecule has 0 aromatic heterocycles. The van der Waals surface area contributed by atoms with Gasteiger partial charge in [0.1, 0.15) is 5.84 Å². The van der Waals surface area contributed by atoms with Crippen LogP contribution in [0.5, 0.6) is 0 Å². The first-order valence-electron chi connectivity index (χ1n) is 10.2. The number of nitrogens with one attached hydrogen (secondary N) is 1. The van der Waals surface area contributed by atoms with Gasteiger partial charge in [-0.1, -0.05) is 54.6 Å². The van der Waals surface area contributed by atoms with Gasteiger partial charge >= 0.3 is 0 Å². The molecule has 162 valence electrons. The number of aliphatic hydroxyl groups excluding tert-OH is 1. The van der Waals surface area contributed by atoms with Gasteiger partial charge in [-0.2, -0.15) is 0 Å². The first-order valence-corrected chi connectivity index (χ1v) is 10.2. The lowest BCUT2D eigenvalue weighted by Gasteiger charge is -2.29. The largest absolute Gasteiger partial charge is 0.392 e. The highest BCUT2D eigenvalue weighted by Crippen LogP contribution is 2.53. The van der Waals surface area contributed by atoms with Crippen LogP contribution in [0, 0.1) is 17.2 Å². The second-order valence-corrected chi connectivity index (χ2v) is 8.43. The zero-order valence-electron chi connectivity index (χ0n) is 16.8. The maximum atomic E-state index is 13.4. The predicted molar refractivity (Wildman–Crippen MR) is 118 cm³/mol. The van der Waals surface area contributed by atoms with E-state index in [1.54, 1.807) is 12.1 Å². The zero-order valence-corrected chi connectivity index (χ0v) is 17.7. The Morgan fingerprint density at radius 3 is 2.32 bits per heavy atom. The molecule has 0 bridgehead atoms. The Bertz CT molecular complexity index is 1010. The molecule has 0 spiro atoms. The van der Waals surface area contributed by atoms with Gasteiger partial charge in [0.05, 0.1) is 24.5 Å². The molecular weight excluding hydrogens is 416 g/mol. The second-order valence-electron chi connectivity index (χ2n) is 8.43. The molecule has 0 aliphatic carbocycles. The highest BCUT2D eigenvalue weighted by molar-refractivity contribution is 6.06. The molecule has 0 radical (unpaired) electrons. The van der Waals surface area contributed by atoms with Crippen LogP contribution in [0.2, 0.25) is 0 Å². The molecule has 3 aliphatic rings. The van der Waals surface area contributed by atoms with Crippen molar-refractivity contribution in [3.8, 4) is 0 Å². The third-order valence-corrected chi connectivity index (χ3v) is 6.71. The van der Waals surface area contributed by atoms with Gasteiger partial charge < -0.3 is 10.8 Å². The Balaban J connectivity index is 0.00000231. The Hall–Kier alpha value is -2.74. The number of nitrogens with two attached hydrogens (primary N) is 1. The third kappa shape index (κ3) is 3.43. The molecule has 5 atom stereocenters. The molecule has 2 amide bonds. The minimum absolute atomic E-state index is 0. The summed E-state index contributed by atoms with van der Waals surface area (Å²) in [5.74, 6) is -1.18. The zero-order chi connectivity index (χ0) is 21.0. The summed E-state index contributed by atoms with van der Waals surface area (Å²) < 4.78 is 0. The Morgan fingerprint density at radius 1 is 1.03 bits per heavy atom. The number of likely N-dealkylation sites (tertiary alicyclic amines) is 1. The highest BCUT2D eigenvalue weighted by atomic mass is 35.5. The van der Waals surface area contributed by atoms with E-state index < -0.39 is 17.9 Å². The van der Waals surface area contributed by atoms with E-state index in [1.807, 2.05) is 42.5 Å². The SMILES string of the molecule is Cl.N=C(N)c1ccc([C@@H]2[C@H]3C(=O)N(Cc4ccccc4)C(=O)[C@@H]3[C@@H]3C[C@H](O)CN23)cc1. The Labute approximate surface area is 186 Å². The molecular formula is C23H25ClN4O3. The minimum Gasteiger partial charge on any atom is -0.392 e. The number of halogens is 1. The van der Waals surface area contributed by atoms with Crippen molar-refractivity contribution in [3.63, 3.8) is 0 Å². The molecule has 0 saturated carbocycles. The molecule has 4 N–H and O–H groups in total. The monoisotopic (exact) mass is 440 g/mol. The molecule has 2 aromatic rings. The first kappa shape index (κ1) is 21.5. The summed E-state index contributed by atoms with van der Waals surface area (Å²) in [6.45, 7) is 0.729. The first-order chi connectivity index (χ1) is 14.5. The number of imide groups is 1. The summed E-state index contributed by atoms with van der Waals surface area (Å²) in [6, 6.07) is 16.4. The van der Waals surface area contributed by atoms with Crippen LogP contribution in [0.15, 0.2) is 54.6 Å². The lowest BCUT2D eigenvalue weighted by Crippen LogP contribution is -2.39.